The van der Waals surface area contributed by atoms with Gasteiger partial charge in [0, 0.05) is 11.7 Å². The standard InChI is InChI=1S/C16H20N4O/c1-10-5-4-8-13(17-10)15-19-16(21-20-15)14-9-11-6-2-3-7-12(11)18-14/h4-5,8,11-12,14,18H,2-3,6-7,9H2,1H3. The molecule has 3 atom stereocenters. The number of pyridine rings is 1. The van der Waals surface area contributed by atoms with Crippen molar-refractivity contribution >= 4 is 0 Å². The van der Waals surface area contributed by atoms with Gasteiger partial charge in [-0.3, -0.25) is 0 Å². The zero-order valence-electron chi connectivity index (χ0n) is 12.2. The molecule has 1 aliphatic heterocycles. The van der Waals surface area contributed by atoms with Crippen LogP contribution in [-0.2, 0) is 0 Å². The second-order valence-corrected chi connectivity index (χ2v) is 6.23. The van der Waals surface area contributed by atoms with Crippen molar-refractivity contribution in [1.29, 1.82) is 0 Å². The third kappa shape index (κ3) is 2.46. The summed E-state index contributed by atoms with van der Waals surface area (Å²) in [5.41, 5.74) is 1.74. The van der Waals surface area contributed by atoms with Gasteiger partial charge in [0.15, 0.2) is 0 Å². The number of hydrogen-bond donors (Lipinski definition) is 1. The molecule has 3 unspecified atom stereocenters. The molecule has 0 amide bonds. The van der Waals surface area contributed by atoms with Crippen LogP contribution in [-0.4, -0.2) is 21.2 Å². The van der Waals surface area contributed by atoms with Crippen LogP contribution in [0.25, 0.3) is 11.5 Å². The van der Waals surface area contributed by atoms with Gasteiger partial charge in [-0.1, -0.05) is 24.1 Å². The molecule has 1 saturated carbocycles. The summed E-state index contributed by atoms with van der Waals surface area (Å²) in [6, 6.07) is 6.70. The number of aryl methyl sites for hydroxylation is 1. The van der Waals surface area contributed by atoms with Crippen LogP contribution < -0.4 is 5.32 Å². The number of nitrogens with one attached hydrogen (secondary N) is 1. The highest BCUT2D eigenvalue weighted by molar-refractivity contribution is 5.48. The number of rotatable bonds is 2. The topological polar surface area (TPSA) is 63.8 Å². The van der Waals surface area contributed by atoms with Crippen LogP contribution in [0.1, 0.15) is 49.7 Å². The van der Waals surface area contributed by atoms with Gasteiger partial charge < -0.3 is 9.84 Å². The lowest BCUT2D eigenvalue weighted by molar-refractivity contribution is 0.324. The molecule has 2 aromatic rings. The minimum absolute atomic E-state index is 0.212. The zero-order chi connectivity index (χ0) is 14.2. The van der Waals surface area contributed by atoms with E-state index in [0.717, 1.165) is 23.7 Å². The Bertz CT molecular complexity index is 625. The van der Waals surface area contributed by atoms with E-state index in [4.69, 9.17) is 4.52 Å². The maximum atomic E-state index is 5.49. The second kappa shape index (κ2) is 5.22. The summed E-state index contributed by atoms with van der Waals surface area (Å²) in [4.78, 5) is 9.01. The lowest BCUT2D eigenvalue weighted by atomic mass is 9.85. The fourth-order valence-electron chi connectivity index (χ4n) is 3.66. The van der Waals surface area contributed by atoms with E-state index in [1.807, 2.05) is 25.1 Å². The Morgan fingerprint density at radius 2 is 2.10 bits per heavy atom. The summed E-state index contributed by atoms with van der Waals surface area (Å²) >= 11 is 0. The van der Waals surface area contributed by atoms with E-state index >= 15 is 0 Å². The van der Waals surface area contributed by atoms with E-state index in [1.54, 1.807) is 0 Å². The number of nitrogens with zero attached hydrogens (tertiary/aromatic N) is 3. The van der Waals surface area contributed by atoms with Gasteiger partial charge in [0.05, 0.1) is 6.04 Å². The SMILES string of the molecule is Cc1cccc(-c2noc(C3CC4CCCCC4N3)n2)n1. The Hall–Kier alpha value is -1.75. The zero-order valence-corrected chi connectivity index (χ0v) is 12.2. The van der Waals surface area contributed by atoms with Crippen molar-refractivity contribution in [1.82, 2.24) is 20.4 Å². The first-order chi connectivity index (χ1) is 10.3. The van der Waals surface area contributed by atoms with E-state index in [9.17, 15) is 0 Å². The molecule has 1 aliphatic carbocycles. The Balaban J connectivity index is 1.55. The lowest BCUT2D eigenvalue weighted by Crippen LogP contribution is -2.30. The van der Waals surface area contributed by atoms with Gasteiger partial charge in [-0.15, -0.1) is 0 Å². The average Bonchev–Trinajstić information content (AvgIpc) is 3.14. The summed E-state index contributed by atoms with van der Waals surface area (Å²) in [5, 5.41) is 7.77. The molecule has 2 aliphatic rings. The van der Waals surface area contributed by atoms with Gasteiger partial charge in [0.1, 0.15) is 5.69 Å². The van der Waals surface area contributed by atoms with Gasteiger partial charge in [0.2, 0.25) is 11.7 Å². The molecule has 0 spiro atoms. The first-order valence-corrected chi connectivity index (χ1v) is 7.83. The minimum Gasteiger partial charge on any atom is -0.337 e. The van der Waals surface area contributed by atoms with E-state index < -0.39 is 0 Å². The Morgan fingerprint density at radius 1 is 1.19 bits per heavy atom. The van der Waals surface area contributed by atoms with E-state index in [-0.39, 0.29) is 6.04 Å². The largest absolute Gasteiger partial charge is 0.337 e. The van der Waals surface area contributed by atoms with Crippen molar-refractivity contribution in [3.05, 3.63) is 29.8 Å². The van der Waals surface area contributed by atoms with Gasteiger partial charge in [-0.25, -0.2) is 4.98 Å². The van der Waals surface area contributed by atoms with Crippen LogP contribution >= 0.6 is 0 Å². The third-order valence-corrected chi connectivity index (χ3v) is 4.72. The van der Waals surface area contributed by atoms with Crippen molar-refractivity contribution in [2.24, 2.45) is 5.92 Å². The first-order valence-electron chi connectivity index (χ1n) is 7.83. The van der Waals surface area contributed by atoms with Crippen LogP contribution in [0, 0.1) is 12.8 Å². The summed E-state index contributed by atoms with van der Waals surface area (Å²) < 4.78 is 5.49. The minimum atomic E-state index is 0.212. The molecule has 5 nitrogen and oxygen atoms in total. The smallest absolute Gasteiger partial charge is 0.244 e. The van der Waals surface area contributed by atoms with E-state index in [2.05, 4.69) is 20.4 Å². The molecular formula is C16H20N4O. The molecule has 1 saturated heterocycles. The van der Waals surface area contributed by atoms with Crippen molar-refractivity contribution in [3.63, 3.8) is 0 Å². The average molecular weight is 284 g/mol. The predicted octanol–water partition coefficient (Wildman–Crippen LogP) is 3.03. The van der Waals surface area contributed by atoms with Gasteiger partial charge in [-0.05, 0) is 44.2 Å². The Kier molecular flexibility index (Phi) is 3.22. The molecule has 0 bridgehead atoms. The van der Waals surface area contributed by atoms with Crippen molar-refractivity contribution in [2.75, 3.05) is 0 Å². The lowest BCUT2D eigenvalue weighted by Gasteiger charge is -2.24. The molecular weight excluding hydrogens is 264 g/mol. The van der Waals surface area contributed by atoms with Gasteiger partial charge in [-0.2, -0.15) is 4.98 Å². The molecule has 21 heavy (non-hydrogen) atoms. The van der Waals surface area contributed by atoms with Gasteiger partial charge in [0.25, 0.3) is 0 Å². The third-order valence-electron chi connectivity index (χ3n) is 4.72. The monoisotopic (exact) mass is 284 g/mol. The Morgan fingerprint density at radius 3 is 2.95 bits per heavy atom. The maximum absolute atomic E-state index is 5.49. The normalized spacial score (nSPS) is 28.5. The molecule has 5 heteroatoms. The van der Waals surface area contributed by atoms with E-state index in [0.29, 0.717) is 17.8 Å². The van der Waals surface area contributed by atoms with Crippen LogP contribution in [0.4, 0.5) is 0 Å². The summed E-state index contributed by atoms with van der Waals surface area (Å²) in [6.45, 7) is 1.97. The molecule has 0 radical (unpaired) electrons. The number of aromatic nitrogens is 3. The second-order valence-electron chi connectivity index (χ2n) is 6.23. The van der Waals surface area contributed by atoms with Crippen LogP contribution in [0.2, 0.25) is 0 Å². The summed E-state index contributed by atoms with van der Waals surface area (Å²) in [6.07, 6.45) is 6.42. The Labute approximate surface area is 124 Å². The molecule has 0 aromatic carbocycles. The van der Waals surface area contributed by atoms with Crippen LogP contribution in [0.15, 0.2) is 22.7 Å². The maximum Gasteiger partial charge on any atom is 0.244 e. The summed E-state index contributed by atoms with van der Waals surface area (Å²) in [7, 11) is 0. The van der Waals surface area contributed by atoms with Crippen LogP contribution in [0.5, 0.6) is 0 Å². The first kappa shape index (κ1) is 13.0. The fourth-order valence-corrected chi connectivity index (χ4v) is 3.66. The molecule has 3 heterocycles. The highest BCUT2D eigenvalue weighted by Crippen LogP contribution is 2.38. The predicted molar refractivity (Wildman–Crippen MR) is 78.5 cm³/mol. The highest BCUT2D eigenvalue weighted by Gasteiger charge is 2.38. The quantitative estimate of drug-likeness (QED) is 0.918. The van der Waals surface area contributed by atoms with Crippen molar-refractivity contribution < 1.29 is 4.52 Å². The van der Waals surface area contributed by atoms with Gasteiger partial charge >= 0.3 is 0 Å². The van der Waals surface area contributed by atoms with E-state index in [1.165, 1.54) is 25.7 Å². The molecule has 2 fully saturated rings. The van der Waals surface area contributed by atoms with Crippen molar-refractivity contribution in [3.8, 4) is 11.5 Å². The number of fused-ring (bicyclic) bond motifs is 1. The fraction of sp³-hybridized carbons (Fsp3) is 0.562. The summed E-state index contributed by atoms with van der Waals surface area (Å²) in [5.74, 6) is 2.07. The number of hydrogen-bond acceptors (Lipinski definition) is 5. The molecule has 1 N–H and O–H groups in total. The van der Waals surface area contributed by atoms with Crippen LogP contribution in [0.3, 0.4) is 0 Å². The molecule has 4 rings (SSSR count). The highest BCUT2D eigenvalue weighted by atomic mass is 16.5. The molecule has 110 valence electrons. The van der Waals surface area contributed by atoms with Crippen molar-refractivity contribution in [2.45, 2.75) is 51.1 Å². The molecule has 2 aromatic heterocycles.